The first-order chi connectivity index (χ1) is 10.5. The molecule has 0 radical (unpaired) electrons. The van der Waals surface area contributed by atoms with Crippen molar-refractivity contribution in [2.24, 2.45) is 0 Å². The van der Waals surface area contributed by atoms with E-state index in [1.54, 1.807) is 18.5 Å². The van der Waals surface area contributed by atoms with Gasteiger partial charge in [0.25, 0.3) is 0 Å². The minimum atomic E-state index is -3.65. The van der Waals surface area contributed by atoms with Gasteiger partial charge in [0.15, 0.2) is 16.6 Å². The van der Waals surface area contributed by atoms with Crippen LogP contribution in [-0.4, -0.2) is 34.7 Å². The fraction of sp³-hybridized carbons (Fsp3) is 0.308. The van der Waals surface area contributed by atoms with Gasteiger partial charge in [0, 0.05) is 18.5 Å². The Hall–Kier alpha value is -1.84. The summed E-state index contributed by atoms with van der Waals surface area (Å²) in [5, 5.41) is 5.43. The molecule has 0 saturated heterocycles. The van der Waals surface area contributed by atoms with E-state index in [1.807, 2.05) is 0 Å². The zero-order valence-electron chi connectivity index (χ0n) is 12.4. The summed E-state index contributed by atoms with van der Waals surface area (Å²) in [6.07, 6.45) is 0. The minimum Gasteiger partial charge on any atom is -0.493 e. The number of ether oxygens (including phenoxy) is 2. The maximum Gasteiger partial charge on any atom is 0.241 e. The summed E-state index contributed by atoms with van der Waals surface area (Å²) in [6, 6.07) is 4.43. The smallest absolute Gasteiger partial charge is 0.241 e. The number of hydrogen-bond acceptors (Lipinski definition) is 7. The number of hydrogen-bond donors (Lipinski definition) is 2. The van der Waals surface area contributed by atoms with Gasteiger partial charge >= 0.3 is 0 Å². The number of thiazole rings is 1. The van der Waals surface area contributed by atoms with Crippen LogP contribution < -0.4 is 19.5 Å². The zero-order chi connectivity index (χ0) is 16.2. The molecule has 1 aromatic carbocycles. The van der Waals surface area contributed by atoms with Gasteiger partial charge in [-0.25, -0.2) is 18.1 Å². The van der Waals surface area contributed by atoms with Crippen LogP contribution >= 0.6 is 11.3 Å². The van der Waals surface area contributed by atoms with E-state index in [-0.39, 0.29) is 11.4 Å². The number of sulfonamides is 1. The lowest BCUT2D eigenvalue weighted by molar-refractivity contribution is 0.354. The van der Waals surface area contributed by atoms with Crippen molar-refractivity contribution >= 4 is 26.5 Å². The molecule has 1 heterocycles. The van der Waals surface area contributed by atoms with Gasteiger partial charge < -0.3 is 14.8 Å². The van der Waals surface area contributed by atoms with E-state index < -0.39 is 10.0 Å². The summed E-state index contributed by atoms with van der Waals surface area (Å²) in [6.45, 7) is 0.120. The topological polar surface area (TPSA) is 89.6 Å². The summed E-state index contributed by atoms with van der Waals surface area (Å²) >= 11 is 1.41. The van der Waals surface area contributed by atoms with Crippen molar-refractivity contribution in [2.75, 3.05) is 26.6 Å². The summed E-state index contributed by atoms with van der Waals surface area (Å²) in [4.78, 5) is 4.33. The molecule has 2 aromatic rings. The van der Waals surface area contributed by atoms with Gasteiger partial charge in [0.1, 0.15) is 0 Å². The van der Waals surface area contributed by atoms with E-state index in [0.717, 1.165) is 5.13 Å². The standard InChI is InChI=1S/C13H17N3O4S2/c1-14-13-16-9(8-21-13)7-15-22(17,18)10-4-5-11(19-2)12(6-10)20-3/h4-6,8,15H,7H2,1-3H3,(H,14,16). The number of rotatable bonds is 7. The third-order valence-corrected chi connectivity index (χ3v) is 5.18. The fourth-order valence-electron chi connectivity index (χ4n) is 1.74. The highest BCUT2D eigenvalue weighted by Crippen LogP contribution is 2.29. The second-order valence-corrected chi connectivity index (χ2v) is 6.86. The molecule has 1 aromatic heterocycles. The first-order valence-electron chi connectivity index (χ1n) is 6.34. The number of aromatic nitrogens is 1. The van der Waals surface area contributed by atoms with Gasteiger partial charge in [-0.05, 0) is 12.1 Å². The molecule has 120 valence electrons. The van der Waals surface area contributed by atoms with E-state index in [2.05, 4.69) is 15.0 Å². The van der Waals surface area contributed by atoms with Gasteiger partial charge in [0.2, 0.25) is 10.0 Å². The second-order valence-electron chi connectivity index (χ2n) is 4.24. The monoisotopic (exact) mass is 343 g/mol. The largest absolute Gasteiger partial charge is 0.493 e. The highest BCUT2D eigenvalue weighted by Gasteiger charge is 2.17. The Morgan fingerprint density at radius 3 is 2.55 bits per heavy atom. The molecule has 0 atom stereocenters. The average molecular weight is 343 g/mol. The predicted octanol–water partition coefficient (Wildman–Crippen LogP) is 1.68. The van der Waals surface area contributed by atoms with E-state index in [0.29, 0.717) is 17.2 Å². The lowest BCUT2D eigenvalue weighted by Gasteiger charge is -2.10. The van der Waals surface area contributed by atoms with Crippen LogP contribution in [0, 0.1) is 0 Å². The van der Waals surface area contributed by atoms with Crippen LogP contribution in [0.2, 0.25) is 0 Å². The van der Waals surface area contributed by atoms with Gasteiger partial charge in [0.05, 0.1) is 31.4 Å². The highest BCUT2D eigenvalue weighted by molar-refractivity contribution is 7.89. The average Bonchev–Trinajstić information content (AvgIpc) is 3.00. The molecular weight excluding hydrogens is 326 g/mol. The number of nitrogens with zero attached hydrogens (tertiary/aromatic N) is 1. The Labute approximate surface area is 133 Å². The lowest BCUT2D eigenvalue weighted by Crippen LogP contribution is -2.23. The van der Waals surface area contributed by atoms with Crippen molar-refractivity contribution in [3.05, 3.63) is 29.3 Å². The van der Waals surface area contributed by atoms with Crippen molar-refractivity contribution in [3.8, 4) is 11.5 Å². The third kappa shape index (κ3) is 3.67. The molecular formula is C13H17N3O4S2. The van der Waals surface area contributed by atoms with Crippen LogP contribution in [0.1, 0.15) is 5.69 Å². The Kier molecular flexibility index (Phi) is 5.22. The van der Waals surface area contributed by atoms with Gasteiger partial charge in [-0.15, -0.1) is 11.3 Å². The molecule has 0 unspecified atom stereocenters. The van der Waals surface area contributed by atoms with Crippen LogP contribution in [0.3, 0.4) is 0 Å². The van der Waals surface area contributed by atoms with Crippen molar-refractivity contribution in [1.29, 1.82) is 0 Å². The normalized spacial score (nSPS) is 11.2. The highest BCUT2D eigenvalue weighted by atomic mass is 32.2. The Bertz CT molecular complexity index is 743. The summed E-state index contributed by atoms with van der Waals surface area (Å²) in [7, 11) is 1.05. The molecule has 2 rings (SSSR count). The van der Waals surface area contributed by atoms with Crippen LogP contribution in [0.4, 0.5) is 5.13 Å². The number of benzene rings is 1. The third-order valence-electron chi connectivity index (χ3n) is 2.87. The number of methoxy groups -OCH3 is 2. The predicted molar refractivity (Wildman–Crippen MR) is 85.2 cm³/mol. The van der Waals surface area contributed by atoms with E-state index in [9.17, 15) is 8.42 Å². The van der Waals surface area contributed by atoms with E-state index in [1.165, 1.54) is 37.7 Å². The Morgan fingerprint density at radius 2 is 1.95 bits per heavy atom. The summed E-state index contributed by atoms with van der Waals surface area (Å²) in [5.74, 6) is 0.830. The summed E-state index contributed by atoms with van der Waals surface area (Å²) < 4.78 is 37.3. The van der Waals surface area contributed by atoms with Gasteiger partial charge in [-0.3, -0.25) is 0 Å². The van der Waals surface area contributed by atoms with Gasteiger partial charge in [-0.2, -0.15) is 0 Å². The molecule has 9 heteroatoms. The molecule has 0 fully saturated rings. The van der Waals surface area contributed by atoms with Crippen molar-refractivity contribution < 1.29 is 17.9 Å². The molecule has 0 aliphatic carbocycles. The molecule has 2 N–H and O–H groups in total. The fourth-order valence-corrected chi connectivity index (χ4v) is 3.42. The van der Waals surface area contributed by atoms with E-state index in [4.69, 9.17) is 9.47 Å². The van der Waals surface area contributed by atoms with Crippen LogP contribution in [0.15, 0.2) is 28.5 Å². The molecule has 0 amide bonds. The SMILES string of the molecule is CNc1nc(CNS(=O)(=O)c2ccc(OC)c(OC)c2)cs1. The number of nitrogens with one attached hydrogen (secondary N) is 2. The molecule has 7 nitrogen and oxygen atoms in total. The lowest BCUT2D eigenvalue weighted by atomic mass is 10.3. The molecule has 0 saturated carbocycles. The molecule has 22 heavy (non-hydrogen) atoms. The van der Waals surface area contributed by atoms with Gasteiger partial charge in [-0.1, -0.05) is 0 Å². The van der Waals surface area contributed by atoms with Crippen LogP contribution in [0.5, 0.6) is 11.5 Å². The second kappa shape index (κ2) is 6.95. The molecule has 0 bridgehead atoms. The maximum absolute atomic E-state index is 12.3. The molecule has 0 aliphatic rings. The Balaban J connectivity index is 2.16. The minimum absolute atomic E-state index is 0.106. The first kappa shape index (κ1) is 16.5. The first-order valence-corrected chi connectivity index (χ1v) is 8.70. The maximum atomic E-state index is 12.3. The van der Waals surface area contributed by atoms with E-state index >= 15 is 0 Å². The van der Waals surface area contributed by atoms with Crippen LogP contribution in [-0.2, 0) is 16.6 Å². The quantitative estimate of drug-likeness (QED) is 0.795. The van der Waals surface area contributed by atoms with Crippen molar-refractivity contribution in [3.63, 3.8) is 0 Å². The molecule has 0 aliphatic heterocycles. The van der Waals surface area contributed by atoms with Crippen molar-refractivity contribution in [2.45, 2.75) is 11.4 Å². The molecule has 0 spiro atoms. The van der Waals surface area contributed by atoms with Crippen LogP contribution in [0.25, 0.3) is 0 Å². The summed E-state index contributed by atoms with van der Waals surface area (Å²) in [5.41, 5.74) is 0.651. The Morgan fingerprint density at radius 1 is 1.23 bits per heavy atom. The zero-order valence-corrected chi connectivity index (χ0v) is 14.0. The number of anilines is 1. The van der Waals surface area contributed by atoms with Crippen molar-refractivity contribution in [1.82, 2.24) is 9.71 Å².